The average molecular weight is 284 g/mol. The second-order valence-corrected chi connectivity index (χ2v) is 6.04. The summed E-state index contributed by atoms with van der Waals surface area (Å²) in [7, 11) is 4.20. The lowest BCUT2D eigenvalue weighted by Crippen LogP contribution is -2.14. The molecule has 0 aliphatic heterocycles. The number of fused-ring (bicyclic) bond motifs is 1. The van der Waals surface area contributed by atoms with Crippen LogP contribution in [0.1, 0.15) is 12.8 Å². The van der Waals surface area contributed by atoms with E-state index < -0.39 is 0 Å². The van der Waals surface area contributed by atoms with Crippen molar-refractivity contribution < 1.29 is 0 Å². The predicted octanol–water partition coefficient (Wildman–Crippen LogP) is 3.70. The van der Waals surface area contributed by atoms with E-state index in [2.05, 4.69) is 29.3 Å². The standard InChI is InChI=1S/C13H18ClN3S/c1-17(2)8-4-3-7-15-13-16-11-6-5-10(14)9-12(11)18-13/h5-6,9H,3-4,7-8H2,1-2H3,(H,15,16). The molecule has 0 fully saturated rings. The second kappa shape index (κ2) is 6.36. The lowest BCUT2D eigenvalue weighted by molar-refractivity contribution is 0.396. The fraction of sp³-hybridized carbons (Fsp3) is 0.462. The molecule has 1 heterocycles. The average Bonchev–Trinajstić information content (AvgIpc) is 2.70. The zero-order chi connectivity index (χ0) is 13.0. The monoisotopic (exact) mass is 283 g/mol. The zero-order valence-corrected chi connectivity index (χ0v) is 12.3. The SMILES string of the molecule is CN(C)CCCCNc1nc2ccc(Cl)cc2s1. The van der Waals surface area contributed by atoms with Gasteiger partial charge in [0.1, 0.15) is 0 Å². The third-order valence-corrected chi connectivity index (χ3v) is 3.87. The van der Waals surface area contributed by atoms with Crippen LogP contribution in [0.2, 0.25) is 5.02 Å². The van der Waals surface area contributed by atoms with E-state index in [1.165, 1.54) is 6.42 Å². The molecule has 1 N–H and O–H groups in total. The number of rotatable bonds is 6. The Morgan fingerprint density at radius 3 is 2.94 bits per heavy atom. The Morgan fingerprint density at radius 1 is 1.33 bits per heavy atom. The third kappa shape index (κ3) is 3.83. The maximum atomic E-state index is 5.96. The van der Waals surface area contributed by atoms with Crippen LogP contribution in [-0.2, 0) is 0 Å². The summed E-state index contributed by atoms with van der Waals surface area (Å²) in [5, 5.41) is 5.12. The predicted molar refractivity (Wildman–Crippen MR) is 80.9 cm³/mol. The number of nitrogens with zero attached hydrogens (tertiary/aromatic N) is 2. The number of benzene rings is 1. The molecular weight excluding hydrogens is 266 g/mol. The number of hydrogen-bond acceptors (Lipinski definition) is 4. The first-order valence-electron chi connectivity index (χ1n) is 6.10. The Kier molecular flexibility index (Phi) is 4.80. The first kappa shape index (κ1) is 13.6. The van der Waals surface area contributed by atoms with Crippen LogP contribution in [0.4, 0.5) is 5.13 Å². The molecule has 98 valence electrons. The van der Waals surface area contributed by atoms with Crippen molar-refractivity contribution in [2.75, 3.05) is 32.5 Å². The van der Waals surface area contributed by atoms with Gasteiger partial charge in [-0.15, -0.1) is 0 Å². The van der Waals surface area contributed by atoms with Gasteiger partial charge in [0.25, 0.3) is 0 Å². The van der Waals surface area contributed by atoms with E-state index in [-0.39, 0.29) is 0 Å². The van der Waals surface area contributed by atoms with Gasteiger partial charge in [-0.25, -0.2) is 4.98 Å². The van der Waals surface area contributed by atoms with Crippen molar-refractivity contribution in [2.24, 2.45) is 0 Å². The molecule has 2 rings (SSSR count). The van der Waals surface area contributed by atoms with E-state index in [4.69, 9.17) is 11.6 Å². The van der Waals surface area contributed by atoms with Crippen molar-refractivity contribution in [3.05, 3.63) is 23.2 Å². The van der Waals surface area contributed by atoms with Crippen molar-refractivity contribution in [3.8, 4) is 0 Å². The number of unbranched alkanes of at least 4 members (excludes halogenated alkanes) is 1. The highest BCUT2D eigenvalue weighted by Crippen LogP contribution is 2.28. The molecule has 1 aromatic carbocycles. The van der Waals surface area contributed by atoms with Crippen LogP contribution in [0, 0.1) is 0 Å². The van der Waals surface area contributed by atoms with E-state index in [0.29, 0.717) is 0 Å². The first-order valence-corrected chi connectivity index (χ1v) is 7.29. The second-order valence-electron chi connectivity index (χ2n) is 4.57. The number of thiazole rings is 1. The van der Waals surface area contributed by atoms with Crippen molar-refractivity contribution in [1.29, 1.82) is 0 Å². The Hall–Kier alpha value is -0.840. The number of halogens is 1. The molecule has 0 saturated heterocycles. The van der Waals surface area contributed by atoms with Gasteiger partial charge in [-0.05, 0) is 51.7 Å². The van der Waals surface area contributed by atoms with Crippen LogP contribution in [0.15, 0.2) is 18.2 Å². The largest absolute Gasteiger partial charge is 0.361 e. The quantitative estimate of drug-likeness (QED) is 0.819. The Balaban J connectivity index is 1.84. The van der Waals surface area contributed by atoms with E-state index in [0.717, 1.165) is 39.9 Å². The van der Waals surface area contributed by atoms with Crippen LogP contribution in [0.3, 0.4) is 0 Å². The van der Waals surface area contributed by atoms with Crippen LogP contribution in [0.5, 0.6) is 0 Å². The van der Waals surface area contributed by atoms with Crippen LogP contribution >= 0.6 is 22.9 Å². The van der Waals surface area contributed by atoms with E-state index >= 15 is 0 Å². The molecule has 1 aromatic heterocycles. The van der Waals surface area contributed by atoms with Crippen molar-refractivity contribution >= 4 is 38.3 Å². The molecule has 0 aliphatic carbocycles. The maximum absolute atomic E-state index is 5.96. The Bertz CT molecular complexity index is 510. The number of nitrogens with one attached hydrogen (secondary N) is 1. The Morgan fingerprint density at radius 2 is 2.17 bits per heavy atom. The fourth-order valence-corrected chi connectivity index (χ4v) is 2.89. The molecule has 3 nitrogen and oxygen atoms in total. The molecule has 0 unspecified atom stereocenters. The summed E-state index contributed by atoms with van der Waals surface area (Å²) in [6, 6.07) is 5.81. The molecule has 0 saturated carbocycles. The molecule has 0 spiro atoms. The lowest BCUT2D eigenvalue weighted by Gasteiger charge is -2.08. The smallest absolute Gasteiger partial charge is 0.183 e. The van der Waals surface area contributed by atoms with Crippen LogP contribution in [-0.4, -0.2) is 37.1 Å². The summed E-state index contributed by atoms with van der Waals surface area (Å²) in [6.07, 6.45) is 2.37. The molecule has 0 radical (unpaired) electrons. The van der Waals surface area contributed by atoms with E-state index in [9.17, 15) is 0 Å². The normalized spacial score (nSPS) is 11.3. The number of anilines is 1. The van der Waals surface area contributed by atoms with Crippen LogP contribution in [0.25, 0.3) is 10.2 Å². The van der Waals surface area contributed by atoms with E-state index in [1.807, 2.05) is 18.2 Å². The summed E-state index contributed by atoms with van der Waals surface area (Å²) in [6.45, 7) is 2.11. The van der Waals surface area contributed by atoms with Crippen molar-refractivity contribution in [1.82, 2.24) is 9.88 Å². The number of hydrogen-bond donors (Lipinski definition) is 1. The number of aromatic nitrogens is 1. The highest BCUT2D eigenvalue weighted by molar-refractivity contribution is 7.22. The molecule has 0 amide bonds. The molecule has 0 aliphatic rings. The first-order chi connectivity index (χ1) is 8.65. The van der Waals surface area contributed by atoms with E-state index in [1.54, 1.807) is 11.3 Å². The van der Waals surface area contributed by atoms with Gasteiger partial charge in [0.2, 0.25) is 0 Å². The van der Waals surface area contributed by atoms with Gasteiger partial charge >= 0.3 is 0 Å². The summed E-state index contributed by atoms with van der Waals surface area (Å²) >= 11 is 7.62. The van der Waals surface area contributed by atoms with Crippen molar-refractivity contribution in [2.45, 2.75) is 12.8 Å². The summed E-state index contributed by atoms with van der Waals surface area (Å²) in [5.74, 6) is 0. The summed E-state index contributed by atoms with van der Waals surface area (Å²) in [4.78, 5) is 6.73. The van der Waals surface area contributed by atoms with Crippen molar-refractivity contribution in [3.63, 3.8) is 0 Å². The lowest BCUT2D eigenvalue weighted by atomic mass is 10.3. The van der Waals surface area contributed by atoms with Gasteiger partial charge in [-0.2, -0.15) is 0 Å². The topological polar surface area (TPSA) is 28.2 Å². The highest BCUT2D eigenvalue weighted by Gasteiger charge is 2.03. The minimum atomic E-state index is 0.767. The van der Waals surface area contributed by atoms with Gasteiger partial charge in [-0.3, -0.25) is 0 Å². The van der Waals surface area contributed by atoms with Gasteiger partial charge < -0.3 is 10.2 Å². The highest BCUT2D eigenvalue weighted by atomic mass is 35.5. The molecule has 0 bridgehead atoms. The zero-order valence-electron chi connectivity index (χ0n) is 10.7. The summed E-state index contributed by atoms with van der Waals surface area (Å²) < 4.78 is 1.14. The Labute approximate surface area is 117 Å². The minimum absolute atomic E-state index is 0.767. The van der Waals surface area contributed by atoms with Gasteiger partial charge in [0.05, 0.1) is 10.2 Å². The maximum Gasteiger partial charge on any atom is 0.183 e. The van der Waals surface area contributed by atoms with Crippen LogP contribution < -0.4 is 5.32 Å². The van der Waals surface area contributed by atoms with Gasteiger partial charge in [0.15, 0.2) is 5.13 Å². The van der Waals surface area contributed by atoms with Gasteiger partial charge in [-0.1, -0.05) is 22.9 Å². The molecule has 0 atom stereocenters. The minimum Gasteiger partial charge on any atom is -0.361 e. The molecule has 18 heavy (non-hydrogen) atoms. The van der Waals surface area contributed by atoms with Gasteiger partial charge in [0, 0.05) is 11.6 Å². The fourth-order valence-electron chi connectivity index (χ4n) is 1.72. The summed E-state index contributed by atoms with van der Waals surface area (Å²) in [5.41, 5.74) is 1.01. The molecule has 5 heteroatoms. The molecule has 2 aromatic rings. The third-order valence-electron chi connectivity index (χ3n) is 2.66. The molecular formula is C13H18ClN3S.